The van der Waals surface area contributed by atoms with Crippen LogP contribution in [0.2, 0.25) is 0 Å². The summed E-state index contributed by atoms with van der Waals surface area (Å²) in [5.41, 5.74) is 1.87. The third kappa shape index (κ3) is 4.98. The van der Waals surface area contributed by atoms with Crippen molar-refractivity contribution in [2.45, 2.75) is 19.4 Å². The molecule has 0 aliphatic heterocycles. The summed E-state index contributed by atoms with van der Waals surface area (Å²) in [6.07, 6.45) is 0.978. The molecule has 0 saturated carbocycles. The van der Waals surface area contributed by atoms with E-state index in [0.29, 0.717) is 30.9 Å². The number of hydrogen-bond acceptors (Lipinski definition) is 3. The van der Waals surface area contributed by atoms with Crippen molar-refractivity contribution >= 4 is 5.91 Å². The lowest BCUT2D eigenvalue weighted by Gasteiger charge is -2.10. The molecule has 0 aromatic heterocycles. The van der Waals surface area contributed by atoms with Crippen molar-refractivity contribution in [3.8, 4) is 11.5 Å². The highest BCUT2D eigenvalue weighted by Crippen LogP contribution is 2.27. The van der Waals surface area contributed by atoms with Gasteiger partial charge in [0.1, 0.15) is 5.82 Å². The highest BCUT2D eigenvalue weighted by molar-refractivity contribution is 5.76. The second-order valence-corrected chi connectivity index (χ2v) is 5.09. The average Bonchev–Trinajstić information content (AvgIpc) is 2.59. The molecule has 0 fully saturated rings. The molecular weight excluding hydrogens is 297 g/mol. The number of benzene rings is 2. The summed E-state index contributed by atoms with van der Waals surface area (Å²) in [5, 5.41) is 2.82. The quantitative estimate of drug-likeness (QED) is 0.853. The summed E-state index contributed by atoms with van der Waals surface area (Å²) in [5.74, 6) is 0.978. The third-order valence-corrected chi connectivity index (χ3v) is 3.49. The third-order valence-electron chi connectivity index (χ3n) is 3.49. The van der Waals surface area contributed by atoms with E-state index in [4.69, 9.17) is 9.47 Å². The summed E-state index contributed by atoms with van der Waals surface area (Å²) in [6, 6.07) is 11.7. The minimum atomic E-state index is -0.284. The maximum Gasteiger partial charge on any atom is 0.220 e. The molecule has 2 aromatic carbocycles. The van der Waals surface area contributed by atoms with Crippen LogP contribution in [-0.4, -0.2) is 20.1 Å². The van der Waals surface area contributed by atoms with Crippen LogP contribution >= 0.6 is 0 Å². The van der Waals surface area contributed by atoms with Gasteiger partial charge in [0.2, 0.25) is 5.91 Å². The number of ether oxygens (including phenoxy) is 2. The first kappa shape index (κ1) is 16.8. The van der Waals surface area contributed by atoms with Gasteiger partial charge < -0.3 is 14.8 Å². The van der Waals surface area contributed by atoms with E-state index in [1.807, 2.05) is 18.2 Å². The van der Waals surface area contributed by atoms with E-state index in [0.717, 1.165) is 11.1 Å². The van der Waals surface area contributed by atoms with Crippen molar-refractivity contribution in [2.75, 3.05) is 14.2 Å². The van der Waals surface area contributed by atoms with E-state index in [-0.39, 0.29) is 11.7 Å². The summed E-state index contributed by atoms with van der Waals surface area (Å²) >= 11 is 0. The fourth-order valence-electron chi connectivity index (χ4n) is 2.19. The lowest BCUT2D eigenvalue weighted by atomic mass is 10.1. The molecule has 4 nitrogen and oxygen atoms in total. The number of carbonyl (C=O) groups is 1. The minimum absolute atomic E-state index is 0.0518. The molecule has 1 amide bonds. The number of halogens is 1. The molecule has 23 heavy (non-hydrogen) atoms. The normalized spacial score (nSPS) is 10.2. The van der Waals surface area contributed by atoms with Gasteiger partial charge in [0.05, 0.1) is 14.2 Å². The maximum absolute atomic E-state index is 12.8. The predicted octanol–water partition coefficient (Wildman–Crippen LogP) is 3.09. The predicted molar refractivity (Wildman–Crippen MR) is 86.1 cm³/mol. The molecule has 0 bridgehead atoms. The van der Waals surface area contributed by atoms with Gasteiger partial charge in [-0.3, -0.25) is 4.79 Å². The molecule has 1 N–H and O–H groups in total. The van der Waals surface area contributed by atoms with Crippen LogP contribution < -0.4 is 14.8 Å². The number of hydrogen-bond donors (Lipinski definition) is 1. The van der Waals surface area contributed by atoms with Crippen LogP contribution in [0.1, 0.15) is 17.5 Å². The van der Waals surface area contributed by atoms with Gasteiger partial charge >= 0.3 is 0 Å². The zero-order chi connectivity index (χ0) is 16.7. The molecule has 122 valence electrons. The Kier molecular flexibility index (Phi) is 5.97. The Morgan fingerprint density at radius 1 is 1.00 bits per heavy atom. The van der Waals surface area contributed by atoms with Gasteiger partial charge in [-0.15, -0.1) is 0 Å². The van der Waals surface area contributed by atoms with Gasteiger partial charge in [-0.05, 0) is 41.8 Å². The van der Waals surface area contributed by atoms with Crippen LogP contribution in [0.25, 0.3) is 0 Å². The van der Waals surface area contributed by atoms with E-state index in [1.54, 1.807) is 26.4 Å². The van der Waals surface area contributed by atoms with Crippen LogP contribution in [0.5, 0.6) is 11.5 Å². The summed E-state index contributed by atoms with van der Waals surface area (Å²) in [6.45, 7) is 0.394. The maximum atomic E-state index is 12.8. The lowest BCUT2D eigenvalue weighted by molar-refractivity contribution is -0.121. The Hall–Kier alpha value is -2.56. The second kappa shape index (κ2) is 8.17. The van der Waals surface area contributed by atoms with Crippen molar-refractivity contribution in [2.24, 2.45) is 0 Å². The number of aryl methyl sites for hydroxylation is 1. The van der Waals surface area contributed by atoms with Gasteiger partial charge in [-0.25, -0.2) is 4.39 Å². The molecule has 0 spiro atoms. The minimum Gasteiger partial charge on any atom is -0.493 e. The van der Waals surface area contributed by atoms with Crippen LogP contribution in [0.4, 0.5) is 4.39 Å². The molecule has 2 rings (SSSR count). The number of rotatable bonds is 7. The summed E-state index contributed by atoms with van der Waals surface area (Å²) < 4.78 is 23.2. The Morgan fingerprint density at radius 2 is 1.65 bits per heavy atom. The first-order valence-corrected chi connectivity index (χ1v) is 7.34. The van der Waals surface area contributed by atoms with Crippen molar-refractivity contribution in [3.05, 3.63) is 59.4 Å². The topological polar surface area (TPSA) is 47.6 Å². The smallest absolute Gasteiger partial charge is 0.220 e. The molecule has 0 radical (unpaired) electrons. The van der Waals surface area contributed by atoms with Crippen molar-refractivity contribution in [1.29, 1.82) is 0 Å². The molecule has 0 aliphatic rings. The molecule has 0 unspecified atom stereocenters. The van der Waals surface area contributed by atoms with Crippen molar-refractivity contribution in [1.82, 2.24) is 5.32 Å². The van der Waals surface area contributed by atoms with Gasteiger partial charge in [0, 0.05) is 13.0 Å². The second-order valence-electron chi connectivity index (χ2n) is 5.09. The number of carbonyl (C=O) groups excluding carboxylic acids is 1. The van der Waals surface area contributed by atoms with Crippen LogP contribution in [0, 0.1) is 5.82 Å². The fraction of sp³-hybridized carbons (Fsp3) is 0.278. The summed E-state index contributed by atoms with van der Waals surface area (Å²) in [4.78, 5) is 11.9. The lowest BCUT2D eigenvalue weighted by Crippen LogP contribution is -2.22. The molecule has 0 heterocycles. The zero-order valence-corrected chi connectivity index (χ0v) is 13.3. The Labute approximate surface area is 135 Å². The first-order chi connectivity index (χ1) is 11.1. The van der Waals surface area contributed by atoms with E-state index in [2.05, 4.69) is 5.32 Å². The number of methoxy groups -OCH3 is 2. The van der Waals surface area contributed by atoms with E-state index in [1.165, 1.54) is 12.1 Å². The number of nitrogens with one attached hydrogen (secondary N) is 1. The molecule has 0 aliphatic carbocycles. The largest absolute Gasteiger partial charge is 0.493 e. The van der Waals surface area contributed by atoms with E-state index >= 15 is 0 Å². The van der Waals surface area contributed by atoms with Crippen molar-refractivity contribution < 1.29 is 18.7 Å². The van der Waals surface area contributed by atoms with Gasteiger partial charge in [0.15, 0.2) is 11.5 Å². The van der Waals surface area contributed by atoms with Gasteiger partial charge in [0.25, 0.3) is 0 Å². The van der Waals surface area contributed by atoms with Crippen LogP contribution in [0.15, 0.2) is 42.5 Å². The standard InChI is InChI=1S/C18H20FNO3/c1-22-16-9-5-13(11-17(16)23-2)6-10-18(21)20-12-14-3-7-15(19)8-4-14/h3-5,7-9,11H,6,10,12H2,1-2H3,(H,20,21). The van der Waals surface area contributed by atoms with E-state index < -0.39 is 0 Å². The molecule has 5 heteroatoms. The first-order valence-electron chi connectivity index (χ1n) is 7.34. The Morgan fingerprint density at radius 3 is 2.30 bits per heavy atom. The van der Waals surface area contributed by atoms with Crippen LogP contribution in [-0.2, 0) is 17.8 Å². The fourth-order valence-corrected chi connectivity index (χ4v) is 2.19. The molecule has 0 atom stereocenters. The van der Waals surface area contributed by atoms with Crippen molar-refractivity contribution in [3.63, 3.8) is 0 Å². The monoisotopic (exact) mass is 317 g/mol. The average molecular weight is 317 g/mol. The Bertz CT molecular complexity index is 656. The van der Waals surface area contributed by atoms with Crippen LogP contribution in [0.3, 0.4) is 0 Å². The van der Waals surface area contributed by atoms with E-state index in [9.17, 15) is 9.18 Å². The number of amides is 1. The SMILES string of the molecule is COc1ccc(CCC(=O)NCc2ccc(F)cc2)cc1OC. The van der Waals surface area contributed by atoms with Gasteiger partial charge in [-0.1, -0.05) is 18.2 Å². The molecule has 0 saturated heterocycles. The highest BCUT2D eigenvalue weighted by Gasteiger charge is 2.07. The molecular formula is C18H20FNO3. The zero-order valence-electron chi connectivity index (χ0n) is 13.3. The molecule has 2 aromatic rings. The van der Waals surface area contributed by atoms with Gasteiger partial charge in [-0.2, -0.15) is 0 Å². The highest BCUT2D eigenvalue weighted by atomic mass is 19.1. The Balaban J connectivity index is 1.83. The summed E-state index contributed by atoms with van der Waals surface area (Å²) in [7, 11) is 3.16.